The Hall–Kier alpha value is -2.56. The molecule has 0 bridgehead atoms. The lowest BCUT2D eigenvalue weighted by atomic mass is 10.1. The topological polar surface area (TPSA) is 60.3 Å². The predicted octanol–water partition coefficient (Wildman–Crippen LogP) is 3.85. The van der Waals surface area contributed by atoms with Gasteiger partial charge in [-0.15, -0.1) is 0 Å². The van der Waals surface area contributed by atoms with Gasteiger partial charge in [0.25, 0.3) is 5.91 Å². The standard InChI is InChI=1S/C20H24N2O3/c1-12-6-5-7-18(14(12)3)21-19(23)11-25-20(24)17-10-13(2)22(15(17)4)16-8-9-16/h5-7,10,16H,8-9,11H2,1-4H3,(H,21,23). The fourth-order valence-electron chi connectivity index (χ4n) is 3.16. The van der Waals surface area contributed by atoms with Gasteiger partial charge in [-0.2, -0.15) is 0 Å². The van der Waals surface area contributed by atoms with Crippen LogP contribution in [0.15, 0.2) is 24.3 Å². The maximum Gasteiger partial charge on any atom is 0.340 e. The first-order chi connectivity index (χ1) is 11.9. The van der Waals surface area contributed by atoms with Crippen LogP contribution in [0, 0.1) is 27.7 Å². The summed E-state index contributed by atoms with van der Waals surface area (Å²) in [6.45, 7) is 7.57. The van der Waals surface area contributed by atoms with E-state index in [2.05, 4.69) is 9.88 Å². The van der Waals surface area contributed by atoms with Gasteiger partial charge >= 0.3 is 5.97 Å². The molecule has 132 valence electrons. The molecule has 5 nitrogen and oxygen atoms in total. The van der Waals surface area contributed by atoms with E-state index in [1.54, 1.807) is 0 Å². The molecular weight excluding hydrogens is 316 g/mol. The number of aromatic nitrogens is 1. The van der Waals surface area contributed by atoms with Crippen molar-refractivity contribution in [3.63, 3.8) is 0 Å². The van der Waals surface area contributed by atoms with Crippen molar-refractivity contribution in [3.05, 3.63) is 52.3 Å². The van der Waals surface area contributed by atoms with Crippen LogP contribution in [0.5, 0.6) is 0 Å². The van der Waals surface area contributed by atoms with Crippen molar-refractivity contribution in [2.24, 2.45) is 0 Å². The number of amides is 1. The quantitative estimate of drug-likeness (QED) is 0.841. The molecule has 3 rings (SSSR count). The monoisotopic (exact) mass is 340 g/mol. The molecule has 0 atom stereocenters. The molecule has 1 fully saturated rings. The highest BCUT2D eigenvalue weighted by Gasteiger charge is 2.28. The average molecular weight is 340 g/mol. The summed E-state index contributed by atoms with van der Waals surface area (Å²) in [5.74, 6) is -0.783. The molecule has 0 saturated heterocycles. The van der Waals surface area contributed by atoms with Crippen LogP contribution in [-0.2, 0) is 9.53 Å². The van der Waals surface area contributed by atoms with Gasteiger partial charge in [-0.05, 0) is 63.8 Å². The normalized spacial score (nSPS) is 13.6. The number of anilines is 1. The molecule has 1 saturated carbocycles. The number of benzene rings is 1. The summed E-state index contributed by atoms with van der Waals surface area (Å²) >= 11 is 0. The summed E-state index contributed by atoms with van der Waals surface area (Å²) in [5, 5.41) is 2.80. The Kier molecular flexibility index (Phi) is 4.66. The zero-order valence-corrected chi connectivity index (χ0v) is 15.2. The Balaban J connectivity index is 1.61. The first-order valence-corrected chi connectivity index (χ1v) is 8.60. The van der Waals surface area contributed by atoms with Gasteiger partial charge in [-0.1, -0.05) is 12.1 Å². The fourth-order valence-corrected chi connectivity index (χ4v) is 3.16. The van der Waals surface area contributed by atoms with E-state index in [9.17, 15) is 9.59 Å². The molecule has 1 aliphatic rings. The summed E-state index contributed by atoms with van der Waals surface area (Å²) in [5.41, 5.74) is 5.38. The van der Waals surface area contributed by atoms with Crippen LogP contribution < -0.4 is 5.32 Å². The second-order valence-electron chi connectivity index (χ2n) is 6.76. The zero-order valence-electron chi connectivity index (χ0n) is 15.2. The lowest BCUT2D eigenvalue weighted by Gasteiger charge is -2.11. The Morgan fingerprint density at radius 2 is 1.92 bits per heavy atom. The summed E-state index contributed by atoms with van der Waals surface area (Å²) < 4.78 is 7.40. The van der Waals surface area contributed by atoms with Crippen LogP contribution in [0.3, 0.4) is 0 Å². The minimum Gasteiger partial charge on any atom is -0.452 e. The van der Waals surface area contributed by atoms with Gasteiger partial charge in [0.05, 0.1) is 5.56 Å². The van der Waals surface area contributed by atoms with Crippen molar-refractivity contribution < 1.29 is 14.3 Å². The van der Waals surface area contributed by atoms with E-state index in [4.69, 9.17) is 4.74 Å². The molecule has 0 unspecified atom stereocenters. The first-order valence-electron chi connectivity index (χ1n) is 8.60. The molecule has 1 amide bonds. The predicted molar refractivity (Wildman–Crippen MR) is 97.0 cm³/mol. The molecule has 1 aromatic carbocycles. The SMILES string of the molecule is Cc1cccc(NC(=O)COC(=O)c2cc(C)n(C3CC3)c2C)c1C. The molecule has 0 spiro atoms. The Bertz CT molecular complexity index is 832. The van der Waals surface area contributed by atoms with Gasteiger partial charge in [-0.3, -0.25) is 4.79 Å². The van der Waals surface area contributed by atoms with Crippen molar-refractivity contribution in [1.29, 1.82) is 0 Å². The molecule has 1 aliphatic carbocycles. The molecule has 1 N–H and O–H groups in total. The second kappa shape index (κ2) is 6.75. The zero-order chi connectivity index (χ0) is 18.1. The number of rotatable bonds is 5. The molecule has 25 heavy (non-hydrogen) atoms. The van der Waals surface area contributed by atoms with Gasteiger partial charge in [0.2, 0.25) is 0 Å². The van der Waals surface area contributed by atoms with Gasteiger partial charge in [0.15, 0.2) is 6.61 Å². The molecule has 0 radical (unpaired) electrons. The number of nitrogens with zero attached hydrogens (tertiary/aromatic N) is 1. The molecule has 0 aliphatic heterocycles. The van der Waals surface area contributed by atoms with Crippen LogP contribution in [0.1, 0.15) is 51.8 Å². The average Bonchev–Trinajstić information content (AvgIpc) is 3.35. The Morgan fingerprint density at radius 3 is 2.60 bits per heavy atom. The maximum absolute atomic E-state index is 12.3. The molecule has 1 aromatic heterocycles. The van der Waals surface area contributed by atoms with Gasteiger partial charge in [-0.25, -0.2) is 4.79 Å². The number of carbonyl (C=O) groups excluding carboxylic acids is 2. The highest BCUT2D eigenvalue weighted by molar-refractivity contribution is 5.96. The smallest absolute Gasteiger partial charge is 0.340 e. The van der Waals surface area contributed by atoms with Crippen LogP contribution in [-0.4, -0.2) is 23.1 Å². The third kappa shape index (κ3) is 3.60. The summed E-state index contributed by atoms with van der Waals surface area (Å²) in [6.07, 6.45) is 2.31. The molecule has 2 aromatic rings. The number of carbonyl (C=O) groups is 2. The Morgan fingerprint density at radius 1 is 1.20 bits per heavy atom. The molecule has 5 heteroatoms. The summed E-state index contributed by atoms with van der Waals surface area (Å²) in [4.78, 5) is 24.4. The van der Waals surface area contributed by atoms with Gasteiger partial charge in [0, 0.05) is 23.1 Å². The van der Waals surface area contributed by atoms with Gasteiger partial charge in [0.1, 0.15) is 0 Å². The molecular formula is C20H24N2O3. The van der Waals surface area contributed by atoms with Crippen LogP contribution in [0.4, 0.5) is 5.69 Å². The second-order valence-corrected chi connectivity index (χ2v) is 6.76. The van der Waals surface area contributed by atoms with Crippen molar-refractivity contribution >= 4 is 17.6 Å². The number of esters is 1. The minimum absolute atomic E-state index is 0.292. The van der Waals surface area contributed by atoms with Crippen molar-refractivity contribution in [2.45, 2.75) is 46.6 Å². The highest BCUT2D eigenvalue weighted by atomic mass is 16.5. The lowest BCUT2D eigenvalue weighted by molar-refractivity contribution is -0.119. The summed E-state index contributed by atoms with van der Waals surface area (Å²) in [6, 6.07) is 8.07. The minimum atomic E-state index is -0.448. The molecule has 1 heterocycles. The van der Waals surface area contributed by atoms with Gasteiger partial charge < -0.3 is 14.6 Å². The number of ether oxygens (including phenoxy) is 1. The lowest BCUT2D eigenvalue weighted by Crippen LogP contribution is -2.21. The van der Waals surface area contributed by atoms with Crippen molar-refractivity contribution in [3.8, 4) is 0 Å². The van der Waals surface area contributed by atoms with E-state index in [-0.39, 0.29) is 12.5 Å². The van der Waals surface area contributed by atoms with Crippen LogP contribution >= 0.6 is 0 Å². The van der Waals surface area contributed by atoms with E-state index in [0.29, 0.717) is 11.6 Å². The maximum atomic E-state index is 12.3. The number of hydrogen-bond acceptors (Lipinski definition) is 3. The van der Waals surface area contributed by atoms with Crippen molar-refractivity contribution in [1.82, 2.24) is 4.57 Å². The fraction of sp³-hybridized carbons (Fsp3) is 0.400. The number of aryl methyl sites for hydroxylation is 2. The number of hydrogen-bond donors (Lipinski definition) is 1. The van der Waals surface area contributed by atoms with E-state index in [1.807, 2.05) is 52.0 Å². The van der Waals surface area contributed by atoms with E-state index in [1.165, 1.54) is 0 Å². The summed E-state index contributed by atoms with van der Waals surface area (Å²) in [7, 11) is 0. The van der Waals surface area contributed by atoms with E-state index < -0.39 is 5.97 Å². The first kappa shape index (κ1) is 17.3. The Labute approximate surface area is 148 Å². The van der Waals surface area contributed by atoms with Crippen LogP contribution in [0.25, 0.3) is 0 Å². The van der Waals surface area contributed by atoms with Crippen molar-refractivity contribution in [2.75, 3.05) is 11.9 Å². The third-order valence-corrected chi connectivity index (χ3v) is 4.83. The highest BCUT2D eigenvalue weighted by Crippen LogP contribution is 2.38. The van der Waals surface area contributed by atoms with Crippen LogP contribution in [0.2, 0.25) is 0 Å². The largest absolute Gasteiger partial charge is 0.452 e. The van der Waals surface area contributed by atoms with E-state index in [0.717, 1.165) is 41.0 Å². The third-order valence-electron chi connectivity index (χ3n) is 4.83. The number of nitrogens with one attached hydrogen (secondary N) is 1. The van der Waals surface area contributed by atoms with E-state index >= 15 is 0 Å².